The van der Waals surface area contributed by atoms with E-state index >= 15 is 0 Å². The van der Waals surface area contributed by atoms with Crippen molar-refractivity contribution in [1.29, 1.82) is 0 Å². The molecular weight excluding hydrogens is 208 g/mol. The molecule has 0 aromatic heterocycles. The molecule has 0 atom stereocenters. The molecule has 0 radical (unpaired) electrons. The van der Waals surface area contributed by atoms with Gasteiger partial charge in [-0.2, -0.15) is 0 Å². The fourth-order valence-corrected chi connectivity index (χ4v) is 1.46. The number of rotatable bonds is 2. The van der Waals surface area contributed by atoms with E-state index in [-0.39, 0.29) is 5.41 Å². The van der Waals surface area contributed by atoms with Crippen molar-refractivity contribution < 1.29 is 4.79 Å². The highest BCUT2D eigenvalue weighted by molar-refractivity contribution is 6.49. The summed E-state index contributed by atoms with van der Waals surface area (Å²) >= 11 is 5.90. The molecule has 0 aliphatic carbocycles. The Morgan fingerprint density at radius 1 is 1.20 bits per heavy atom. The molecule has 0 heterocycles. The van der Waals surface area contributed by atoms with Gasteiger partial charge in [-0.05, 0) is 22.6 Å². The van der Waals surface area contributed by atoms with Crippen molar-refractivity contribution in [3.63, 3.8) is 0 Å². The van der Waals surface area contributed by atoms with Gasteiger partial charge in [-0.3, -0.25) is 4.79 Å². The summed E-state index contributed by atoms with van der Waals surface area (Å²) < 4.78 is 0. The Balaban J connectivity index is 3.00. The maximum atomic E-state index is 10.3. The molecule has 2 heteroatoms. The molecule has 0 saturated heterocycles. The first-order chi connectivity index (χ1) is 6.95. The van der Waals surface area contributed by atoms with Gasteiger partial charge in [-0.25, -0.2) is 0 Å². The minimum atomic E-state index is 0.138. The topological polar surface area (TPSA) is 17.1 Å². The summed E-state index contributed by atoms with van der Waals surface area (Å²) in [6, 6.07) is 7.94. The van der Waals surface area contributed by atoms with Crippen molar-refractivity contribution in [3.8, 4) is 0 Å². The van der Waals surface area contributed by atoms with Crippen LogP contribution in [0.5, 0.6) is 0 Å². The zero-order valence-corrected chi connectivity index (χ0v) is 10.0. The van der Waals surface area contributed by atoms with Crippen molar-refractivity contribution in [3.05, 3.63) is 41.5 Å². The minimum Gasteiger partial charge on any atom is -0.299 e. The standard InChI is InChI=1S/C13H15ClO/c1-13(2,3)11-6-4-10(5-7-11)12(14)8-9-15/h4-9H,1-3H3/b12-8+. The fourth-order valence-electron chi connectivity index (χ4n) is 1.29. The molecule has 0 spiro atoms. The van der Waals surface area contributed by atoms with E-state index in [4.69, 9.17) is 11.6 Å². The van der Waals surface area contributed by atoms with Gasteiger partial charge < -0.3 is 0 Å². The second-order valence-electron chi connectivity index (χ2n) is 4.48. The number of hydrogen-bond donors (Lipinski definition) is 0. The van der Waals surface area contributed by atoms with Crippen LogP contribution in [0.3, 0.4) is 0 Å². The highest BCUT2D eigenvalue weighted by atomic mass is 35.5. The lowest BCUT2D eigenvalue weighted by Crippen LogP contribution is -2.10. The van der Waals surface area contributed by atoms with Crippen LogP contribution in [0.4, 0.5) is 0 Å². The Morgan fingerprint density at radius 2 is 1.73 bits per heavy atom. The van der Waals surface area contributed by atoms with E-state index in [1.54, 1.807) is 0 Å². The summed E-state index contributed by atoms with van der Waals surface area (Å²) in [4.78, 5) is 10.3. The number of carbonyl (C=O) groups excluding carboxylic acids is 1. The van der Waals surface area contributed by atoms with Crippen molar-refractivity contribution in [2.75, 3.05) is 0 Å². The lowest BCUT2D eigenvalue weighted by atomic mass is 9.87. The van der Waals surface area contributed by atoms with Crippen LogP contribution < -0.4 is 0 Å². The zero-order valence-electron chi connectivity index (χ0n) is 9.25. The maximum Gasteiger partial charge on any atom is 0.144 e. The first kappa shape index (κ1) is 12.0. The Bertz CT molecular complexity index is 369. The van der Waals surface area contributed by atoms with Crippen molar-refractivity contribution in [1.82, 2.24) is 0 Å². The average molecular weight is 223 g/mol. The van der Waals surface area contributed by atoms with Crippen LogP contribution in [0.2, 0.25) is 0 Å². The second-order valence-corrected chi connectivity index (χ2v) is 4.89. The third-order valence-corrected chi connectivity index (χ3v) is 2.59. The summed E-state index contributed by atoms with van der Waals surface area (Å²) in [6.07, 6.45) is 2.05. The summed E-state index contributed by atoms with van der Waals surface area (Å²) in [7, 11) is 0. The van der Waals surface area contributed by atoms with E-state index in [0.717, 1.165) is 5.56 Å². The van der Waals surface area contributed by atoms with Crippen molar-refractivity contribution in [2.45, 2.75) is 26.2 Å². The van der Waals surface area contributed by atoms with Crippen LogP contribution in [0.25, 0.3) is 5.03 Å². The van der Waals surface area contributed by atoms with E-state index in [1.165, 1.54) is 11.6 Å². The molecule has 0 aliphatic heterocycles. The summed E-state index contributed by atoms with van der Waals surface area (Å²) in [5.41, 5.74) is 2.26. The molecule has 0 fully saturated rings. The Kier molecular flexibility index (Phi) is 3.70. The molecule has 0 bridgehead atoms. The monoisotopic (exact) mass is 222 g/mol. The lowest BCUT2D eigenvalue weighted by molar-refractivity contribution is -0.104. The van der Waals surface area contributed by atoms with Crippen LogP contribution >= 0.6 is 11.6 Å². The Morgan fingerprint density at radius 3 is 2.13 bits per heavy atom. The van der Waals surface area contributed by atoms with Gasteiger partial charge >= 0.3 is 0 Å². The molecule has 0 unspecified atom stereocenters. The summed E-state index contributed by atoms with van der Waals surface area (Å²) in [6.45, 7) is 6.47. The van der Waals surface area contributed by atoms with Crippen LogP contribution in [0.15, 0.2) is 30.3 Å². The number of aldehydes is 1. The molecule has 1 rings (SSSR count). The van der Waals surface area contributed by atoms with Crippen molar-refractivity contribution in [2.24, 2.45) is 0 Å². The molecule has 80 valence electrons. The molecule has 0 aliphatic rings. The predicted molar refractivity (Wildman–Crippen MR) is 65.0 cm³/mol. The van der Waals surface area contributed by atoms with Gasteiger partial charge in [0.25, 0.3) is 0 Å². The lowest BCUT2D eigenvalue weighted by Gasteiger charge is -2.19. The molecule has 0 amide bonds. The van der Waals surface area contributed by atoms with Crippen LogP contribution in [-0.2, 0) is 10.2 Å². The molecular formula is C13H15ClO. The van der Waals surface area contributed by atoms with Crippen molar-refractivity contribution >= 4 is 22.9 Å². The van der Waals surface area contributed by atoms with Gasteiger partial charge in [0.15, 0.2) is 0 Å². The summed E-state index contributed by atoms with van der Waals surface area (Å²) in [5.74, 6) is 0. The molecule has 1 nitrogen and oxygen atoms in total. The van der Waals surface area contributed by atoms with Crippen LogP contribution in [-0.4, -0.2) is 6.29 Å². The SMILES string of the molecule is CC(C)(C)c1ccc(/C(Cl)=C\C=O)cc1. The quantitative estimate of drug-likeness (QED) is 0.550. The third-order valence-electron chi connectivity index (χ3n) is 2.24. The Labute approximate surface area is 95.8 Å². The third kappa shape index (κ3) is 3.21. The van der Waals surface area contributed by atoms with Gasteiger partial charge in [0.1, 0.15) is 6.29 Å². The summed E-state index contributed by atoms with van der Waals surface area (Å²) in [5, 5.41) is 0.477. The largest absolute Gasteiger partial charge is 0.299 e. The molecule has 0 N–H and O–H groups in total. The first-order valence-corrected chi connectivity index (χ1v) is 5.25. The van der Waals surface area contributed by atoms with E-state index in [9.17, 15) is 4.79 Å². The van der Waals surface area contributed by atoms with E-state index in [1.807, 2.05) is 24.3 Å². The highest BCUT2D eigenvalue weighted by Gasteiger charge is 2.12. The van der Waals surface area contributed by atoms with E-state index in [2.05, 4.69) is 20.8 Å². The van der Waals surface area contributed by atoms with E-state index < -0.39 is 0 Å². The number of halogens is 1. The number of hydrogen-bond acceptors (Lipinski definition) is 1. The average Bonchev–Trinajstić information content (AvgIpc) is 2.17. The maximum absolute atomic E-state index is 10.3. The molecule has 1 aromatic rings. The highest BCUT2D eigenvalue weighted by Crippen LogP contribution is 2.25. The number of allylic oxidation sites excluding steroid dienone is 1. The normalized spacial score (nSPS) is 12.7. The fraction of sp³-hybridized carbons (Fsp3) is 0.308. The van der Waals surface area contributed by atoms with Gasteiger partial charge in [0.2, 0.25) is 0 Å². The van der Waals surface area contributed by atoms with Gasteiger partial charge in [0, 0.05) is 0 Å². The van der Waals surface area contributed by atoms with E-state index in [0.29, 0.717) is 11.3 Å². The van der Waals surface area contributed by atoms with Gasteiger partial charge in [-0.15, -0.1) is 0 Å². The number of carbonyl (C=O) groups is 1. The second kappa shape index (κ2) is 4.63. The predicted octanol–water partition coefficient (Wildman–Crippen LogP) is 3.76. The van der Waals surface area contributed by atoms with Crippen LogP contribution in [0, 0.1) is 0 Å². The number of benzene rings is 1. The zero-order chi connectivity index (χ0) is 11.5. The smallest absolute Gasteiger partial charge is 0.144 e. The minimum absolute atomic E-state index is 0.138. The van der Waals surface area contributed by atoms with Gasteiger partial charge in [0.05, 0.1) is 5.03 Å². The molecule has 1 aromatic carbocycles. The Hall–Kier alpha value is -1.08. The molecule has 0 saturated carbocycles. The van der Waals surface area contributed by atoms with Gasteiger partial charge in [-0.1, -0.05) is 56.6 Å². The van der Waals surface area contributed by atoms with Crippen LogP contribution in [0.1, 0.15) is 31.9 Å². The molecule has 15 heavy (non-hydrogen) atoms. The first-order valence-electron chi connectivity index (χ1n) is 4.87.